The molecule has 2 rings (SSSR count). The normalized spacial score (nSPS) is 12.6. The lowest BCUT2D eigenvalue weighted by Crippen LogP contribution is -2.25. The Balaban J connectivity index is 1.85. The second-order valence-electron chi connectivity index (χ2n) is 4.42. The van der Waals surface area contributed by atoms with Crippen molar-refractivity contribution in [1.29, 1.82) is 0 Å². The molecule has 5 heteroatoms. The Labute approximate surface area is 112 Å². The molecule has 0 radical (unpaired) electrons. The van der Waals surface area contributed by atoms with Crippen LogP contribution >= 0.6 is 11.8 Å². The molecule has 1 aromatic carbocycles. The van der Waals surface area contributed by atoms with Crippen LogP contribution in [0.15, 0.2) is 35.4 Å². The Kier molecular flexibility index (Phi) is 4.38. The summed E-state index contributed by atoms with van der Waals surface area (Å²) in [7, 11) is 1.87. The van der Waals surface area contributed by atoms with Crippen LogP contribution in [-0.2, 0) is 13.5 Å². The molecule has 2 aromatic rings. The SMILES string of the molecule is Cc1ccccc1SCC(N)Cc1cn(C)nn1. The average molecular weight is 262 g/mol. The number of nitrogens with two attached hydrogens (primary N) is 1. The van der Waals surface area contributed by atoms with Gasteiger partial charge in [0.15, 0.2) is 0 Å². The summed E-state index contributed by atoms with van der Waals surface area (Å²) in [6, 6.07) is 8.47. The predicted molar refractivity (Wildman–Crippen MR) is 74.6 cm³/mol. The second kappa shape index (κ2) is 6.02. The molecule has 0 fully saturated rings. The Bertz CT molecular complexity index is 509. The van der Waals surface area contributed by atoms with Gasteiger partial charge in [-0.3, -0.25) is 4.68 Å². The van der Waals surface area contributed by atoms with Crippen LogP contribution in [0, 0.1) is 6.92 Å². The highest BCUT2D eigenvalue weighted by Crippen LogP contribution is 2.22. The lowest BCUT2D eigenvalue weighted by Gasteiger charge is -2.10. The fraction of sp³-hybridized carbons (Fsp3) is 0.385. The van der Waals surface area contributed by atoms with Crippen LogP contribution in [0.25, 0.3) is 0 Å². The molecule has 0 amide bonds. The van der Waals surface area contributed by atoms with Gasteiger partial charge >= 0.3 is 0 Å². The van der Waals surface area contributed by atoms with Crippen molar-refractivity contribution in [2.24, 2.45) is 12.8 Å². The van der Waals surface area contributed by atoms with Crippen molar-refractivity contribution in [3.8, 4) is 0 Å². The number of aromatic nitrogens is 3. The smallest absolute Gasteiger partial charge is 0.0842 e. The molecule has 0 aliphatic heterocycles. The van der Waals surface area contributed by atoms with Gasteiger partial charge in [0.25, 0.3) is 0 Å². The van der Waals surface area contributed by atoms with Crippen LogP contribution in [0.5, 0.6) is 0 Å². The molecular weight excluding hydrogens is 244 g/mol. The van der Waals surface area contributed by atoms with Gasteiger partial charge in [-0.25, -0.2) is 0 Å². The van der Waals surface area contributed by atoms with E-state index in [1.54, 1.807) is 16.4 Å². The summed E-state index contributed by atoms with van der Waals surface area (Å²) in [6.45, 7) is 2.12. The highest BCUT2D eigenvalue weighted by atomic mass is 32.2. The molecule has 18 heavy (non-hydrogen) atoms. The van der Waals surface area contributed by atoms with Gasteiger partial charge < -0.3 is 5.73 Å². The van der Waals surface area contributed by atoms with Crippen molar-refractivity contribution in [1.82, 2.24) is 15.0 Å². The van der Waals surface area contributed by atoms with Crippen LogP contribution in [0.3, 0.4) is 0 Å². The number of nitrogens with zero attached hydrogens (tertiary/aromatic N) is 3. The van der Waals surface area contributed by atoms with E-state index in [4.69, 9.17) is 5.73 Å². The molecule has 0 aliphatic rings. The average Bonchev–Trinajstić information content (AvgIpc) is 2.74. The van der Waals surface area contributed by atoms with Crippen LogP contribution in [0.2, 0.25) is 0 Å². The van der Waals surface area contributed by atoms with Gasteiger partial charge in [-0.15, -0.1) is 16.9 Å². The zero-order valence-corrected chi connectivity index (χ0v) is 11.5. The zero-order valence-electron chi connectivity index (χ0n) is 10.7. The van der Waals surface area contributed by atoms with Gasteiger partial charge in [0, 0.05) is 36.4 Å². The maximum atomic E-state index is 6.12. The molecule has 4 nitrogen and oxygen atoms in total. The van der Waals surface area contributed by atoms with E-state index in [1.807, 2.05) is 13.2 Å². The monoisotopic (exact) mass is 262 g/mol. The van der Waals surface area contributed by atoms with Gasteiger partial charge in [0.1, 0.15) is 0 Å². The zero-order chi connectivity index (χ0) is 13.0. The molecule has 0 saturated heterocycles. The van der Waals surface area contributed by atoms with E-state index in [2.05, 4.69) is 41.5 Å². The molecule has 1 atom stereocenters. The maximum Gasteiger partial charge on any atom is 0.0842 e. The molecule has 1 unspecified atom stereocenters. The van der Waals surface area contributed by atoms with Crippen molar-refractivity contribution in [2.45, 2.75) is 24.3 Å². The summed E-state index contributed by atoms with van der Waals surface area (Å²) in [4.78, 5) is 1.30. The largest absolute Gasteiger partial charge is 0.327 e. The second-order valence-corrected chi connectivity index (χ2v) is 5.49. The van der Waals surface area contributed by atoms with E-state index in [9.17, 15) is 0 Å². The van der Waals surface area contributed by atoms with E-state index in [0.29, 0.717) is 0 Å². The molecule has 1 aromatic heterocycles. The minimum absolute atomic E-state index is 0.103. The molecule has 0 saturated carbocycles. The molecule has 0 spiro atoms. The van der Waals surface area contributed by atoms with E-state index in [1.165, 1.54) is 10.5 Å². The highest BCUT2D eigenvalue weighted by molar-refractivity contribution is 7.99. The van der Waals surface area contributed by atoms with Gasteiger partial charge in [0.05, 0.1) is 5.69 Å². The number of benzene rings is 1. The summed E-state index contributed by atoms with van der Waals surface area (Å²) >= 11 is 1.80. The highest BCUT2D eigenvalue weighted by Gasteiger charge is 2.08. The first-order valence-corrected chi connectivity index (χ1v) is 6.93. The first-order valence-electron chi connectivity index (χ1n) is 5.94. The summed E-state index contributed by atoms with van der Waals surface area (Å²) < 4.78 is 1.70. The van der Waals surface area contributed by atoms with E-state index in [0.717, 1.165) is 17.9 Å². The number of hydrogen-bond acceptors (Lipinski definition) is 4. The van der Waals surface area contributed by atoms with Crippen LogP contribution < -0.4 is 5.73 Å². The van der Waals surface area contributed by atoms with Crippen molar-refractivity contribution >= 4 is 11.8 Å². The maximum absolute atomic E-state index is 6.12. The van der Waals surface area contributed by atoms with Gasteiger partial charge in [-0.05, 0) is 18.6 Å². The van der Waals surface area contributed by atoms with Gasteiger partial charge in [-0.1, -0.05) is 23.4 Å². The lowest BCUT2D eigenvalue weighted by molar-refractivity contribution is 0.704. The van der Waals surface area contributed by atoms with Crippen molar-refractivity contribution < 1.29 is 0 Å². The van der Waals surface area contributed by atoms with Crippen LogP contribution in [-0.4, -0.2) is 26.8 Å². The summed E-state index contributed by atoms with van der Waals surface area (Å²) in [5.74, 6) is 0.890. The van der Waals surface area contributed by atoms with Gasteiger partial charge in [-0.2, -0.15) is 0 Å². The molecule has 1 heterocycles. The van der Waals surface area contributed by atoms with Crippen molar-refractivity contribution in [3.05, 3.63) is 41.7 Å². The van der Waals surface area contributed by atoms with Gasteiger partial charge in [0.2, 0.25) is 0 Å². The van der Waals surface area contributed by atoms with E-state index < -0.39 is 0 Å². The third-order valence-corrected chi connectivity index (χ3v) is 4.03. The first kappa shape index (κ1) is 13.1. The minimum Gasteiger partial charge on any atom is -0.327 e. The molecule has 0 aliphatic carbocycles. The first-order chi connectivity index (χ1) is 8.65. The number of rotatable bonds is 5. The molecule has 2 N–H and O–H groups in total. The summed E-state index contributed by atoms with van der Waals surface area (Å²) in [5.41, 5.74) is 8.37. The minimum atomic E-state index is 0.103. The number of aryl methyl sites for hydroxylation is 2. The lowest BCUT2D eigenvalue weighted by atomic mass is 10.2. The Morgan fingerprint density at radius 2 is 2.17 bits per heavy atom. The molecule has 0 bridgehead atoms. The predicted octanol–water partition coefficient (Wildman–Crippen LogP) is 1.79. The summed E-state index contributed by atoms with van der Waals surface area (Å²) in [5, 5.41) is 7.96. The Morgan fingerprint density at radius 1 is 1.39 bits per heavy atom. The van der Waals surface area contributed by atoms with E-state index >= 15 is 0 Å². The van der Waals surface area contributed by atoms with E-state index in [-0.39, 0.29) is 6.04 Å². The Morgan fingerprint density at radius 3 is 2.83 bits per heavy atom. The Hall–Kier alpha value is -1.33. The number of hydrogen-bond donors (Lipinski definition) is 1. The van der Waals surface area contributed by atoms with Crippen molar-refractivity contribution in [2.75, 3.05) is 5.75 Å². The third-order valence-electron chi connectivity index (χ3n) is 2.67. The quantitative estimate of drug-likeness (QED) is 0.835. The number of thioether (sulfide) groups is 1. The van der Waals surface area contributed by atoms with Crippen molar-refractivity contribution in [3.63, 3.8) is 0 Å². The fourth-order valence-corrected chi connectivity index (χ4v) is 2.71. The van der Waals surface area contributed by atoms with Crippen LogP contribution in [0.4, 0.5) is 0 Å². The van der Waals surface area contributed by atoms with Crippen LogP contribution in [0.1, 0.15) is 11.3 Å². The molecular formula is C13H18N4S. The summed E-state index contributed by atoms with van der Waals surface area (Å²) in [6.07, 6.45) is 2.69. The topological polar surface area (TPSA) is 56.7 Å². The fourth-order valence-electron chi connectivity index (χ4n) is 1.73. The molecule has 96 valence electrons. The third kappa shape index (κ3) is 3.58. The standard InChI is InChI=1S/C13H18N4S/c1-10-5-3-4-6-13(10)18-9-11(14)7-12-8-17(2)16-15-12/h3-6,8,11H,7,9,14H2,1-2H3.